The number of carbonyl (C=O) groups excluding carboxylic acids is 4. The number of carbonyl (C=O) groups is 4. The Labute approximate surface area is 199 Å². The van der Waals surface area contributed by atoms with Gasteiger partial charge in [-0.25, -0.2) is 4.79 Å². The van der Waals surface area contributed by atoms with Crippen molar-refractivity contribution in [3.63, 3.8) is 0 Å². The standard InChI is InChI=1S/C25H32N4O5/c1-34-24(33)16-2-3-19-18(14-16)21(22(26)31)23(32)29(19)17-4-10-27(11-5-17)15-20(30)28-12-8-25(6-7-25)9-13-28/h2-3,14,17,21H,4-13,15H2,1H3,(H2,26,31). The van der Waals surface area contributed by atoms with Gasteiger partial charge in [0, 0.05) is 37.9 Å². The number of fused-ring (bicyclic) bond motifs is 1. The van der Waals surface area contributed by atoms with Gasteiger partial charge in [-0.2, -0.15) is 0 Å². The van der Waals surface area contributed by atoms with Crippen molar-refractivity contribution in [1.82, 2.24) is 9.80 Å². The molecule has 9 nitrogen and oxygen atoms in total. The fourth-order valence-corrected chi connectivity index (χ4v) is 5.83. The lowest BCUT2D eigenvalue weighted by molar-refractivity contribution is -0.134. The van der Waals surface area contributed by atoms with Gasteiger partial charge in [0.1, 0.15) is 5.92 Å². The zero-order valence-corrected chi connectivity index (χ0v) is 19.6. The quantitative estimate of drug-likeness (QED) is 0.514. The lowest BCUT2D eigenvalue weighted by Crippen LogP contribution is -2.50. The summed E-state index contributed by atoms with van der Waals surface area (Å²) < 4.78 is 4.77. The summed E-state index contributed by atoms with van der Waals surface area (Å²) in [5.41, 5.74) is 7.48. The fraction of sp³-hybridized carbons (Fsp3) is 0.600. The van der Waals surface area contributed by atoms with E-state index in [1.807, 2.05) is 4.90 Å². The second-order valence-electron chi connectivity index (χ2n) is 10.2. The third kappa shape index (κ3) is 4.06. The van der Waals surface area contributed by atoms with E-state index in [-0.39, 0.29) is 23.4 Å². The number of hydrogen-bond donors (Lipinski definition) is 1. The third-order valence-electron chi connectivity index (χ3n) is 8.20. The summed E-state index contributed by atoms with van der Waals surface area (Å²) in [6.45, 7) is 3.56. The second kappa shape index (κ2) is 8.69. The van der Waals surface area contributed by atoms with E-state index in [4.69, 9.17) is 10.5 Å². The molecule has 3 fully saturated rings. The smallest absolute Gasteiger partial charge is 0.337 e. The van der Waals surface area contributed by atoms with Crippen LogP contribution in [0.15, 0.2) is 18.2 Å². The average molecular weight is 469 g/mol. The van der Waals surface area contributed by atoms with E-state index in [0.717, 1.165) is 25.9 Å². The van der Waals surface area contributed by atoms with E-state index in [1.165, 1.54) is 26.0 Å². The number of primary amides is 1. The van der Waals surface area contributed by atoms with E-state index in [1.54, 1.807) is 17.0 Å². The van der Waals surface area contributed by atoms with E-state index in [0.29, 0.717) is 49.1 Å². The zero-order valence-electron chi connectivity index (χ0n) is 19.6. The van der Waals surface area contributed by atoms with Crippen molar-refractivity contribution < 1.29 is 23.9 Å². The molecule has 3 heterocycles. The number of esters is 1. The van der Waals surface area contributed by atoms with Crippen LogP contribution in [-0.4, -0.2) is 79.4 Å². The molecule has 4 aliphatic rings. The highest BCUT2D eigenvalue weighted by Crippen LogP contribution is 2.53. The normalized spacial score (nSPS) is 24.3. The molecular weight excluding hydrogens is 436 g/mol. The molecule has 34 heavy (non-hydrogen) atoms. The Balaban J connectivity index is 1.23. The van der Waals surface area contributed by atoms with Crippen molar-refractivity contribution in [3.8, 4) is 0 Å². The maximum atomic E-state index is 13.2. The number of piperidine rings is 2. The molecule has 5 rings (SSSR count). The number of methoxy groups -OCH3 is 1. The van der Waals surface area contributed by atoms with Gasteiger partial charge in [-0.3, -0.25) is 19.3 Å². The van der Waals surface area contributed by atoms with Crippen molar-refractivity contribution in [2.75, 3.05) is 44.7 Å². The summed E-state index contributed by atoms with van der Waals surface area (Å²) in [6.07, 6.45) is 6.31. The van der Waals surface area contributed by atoms with Gasteiger partial charge in [0.2, 0.25) is 17.7 Å². The van der Waals surface area contributed by atoms with Crippen LogP contribution in [0.1, 0.15) is 60.4 Å². The molecular formula is C25H32N4O5. The van der Waals surface area contributed by atoms with Crippen molar-refractivity contribution in [2.24, 2.45) is 11.1 Å². The van der Waals surface area contributed by atoms with Crippen LogP contribution in [-0.2, 0) is 19.1 Å². The van der Waals surface area contributed by atoms with E-state index < -0.39 is 17.8 Å². The fourth-order valence-electron chi connectivity index (χ4n) is 5.83. The summed E-state index contributed by atoms with van der Waals surface area (Å²) >= 11 is 0. The summed E-state index contributed by atoms with van der Waals surface area (Å²) in [5, 5.41) is 0. The van der Waals surface area contributed by atoms with Crippen LogP contribution in [0, 0.1) is 5.41 Å². The van der Waals surface area contributed by atoms with Crippen LogP contribution >= 0.6 is 0 Å². The lowest BCUT2D eigenvalue weighted by Gasteiger charge is -2.38. The molecule has 0 radical (unpaired) electrons. The van der Waals surface area contributed by atoms with Gasteiger partial charge in [0.25, 0.3) is 0 Å². The van der Waals surface area contributed by atoms with Crippen LogP contribution < -0.4 is 10.6 Å². The molecule has 9 heteroatoms. The molecule has 1 aromatic carbocycles. The van der Waals surface area contributed by atoms with Gasteiger partial charge >= 0.3 is 5.97 Å². The van der Waals surface area contributed by atoms with Gasteiger partial charge in [0.05, 0.1) is 19.2 Å². The Kier molecular flexibility index (Phi) is 5.83. The van der Waals surface area contributed by atoms with Gasteiger partial charge in [-0.15, -0.1) is 0 Å². The first kappa shape index (κ1) is 22.8. The van der Waals surface area contributed by atoms with Crippen molar-refractivity contribution in [1.29, 1.82) is 0 Å². The molecule has 3 amide bonds. The van der Waals surface area contributed by atoms with E-state index in [2.05, 4.69) is 4.90 Å². The molecule has 1 aromatic rings. The van der Waals surface area contributed by atoms with E-state index in [9.17, 15) is 19.2 Å². The highest BCUT2D eigenvalue weighted by Gasteiger charge is 2.46. The average Bonchev–Trinajstić information content (AvgIpc) is 3.51. The van der Waals surface area contributed by atoms with Crippen molar-refractivity contribution >= 4 is 29.4 Å². The molecule has 0 bridgehead atoms. The number of anilines is 1. The summed E-state index contributed by atoms with van der Waals surface area (Å²) in [6, 6.07) is 4.75. The lowest BCUT2D eigenvalue weighted by atomic mass is 9.93. The number of likely N-dealkylation sites (tertiary alicyclic amines) is 2. The van der Waals surface area contributed by atoms with Crippen LogP contribution in [0.2, 0.25) is 0 Å². The first-order valence-electron chi connectivity index (χ1n) is 12.2. The minimum Gasteiger partial charge on any atom is -0.465 e. The van der Waals surface area contributed by atoms with Gasteiger partial charge < -0.3 is 20.3 Å². The Morgan fingerprint density at radius 1 is 1.06 bits per heavy atom. The molecule has 2 saturated heterocycles. The Morgan fingerprint density at radius 3 is 2.32 bits per heavy atom. The Morgan fingerprint density at radius 2 is 1.74 bits per heavy atom. The van der Waals surface area contributed by atoms with Crippen LogP contribution in [0.5, 0.6) is 0 Å². The third-order valence-corrected chi connectivity index (χ3v) is 8.20. The Bertz CT molecular complexity index is 1020. The molecule has 182 valence electrons. The minimum absolute atomic E-state index is 0.0874. The number of benzene rings is 1. The first-order chi connectivity index (χ1) is 16.3. The highest BCUT2D eigenvalue weighted by molar-refractivity contribution is 6.17. The summed E-state index contributed by atoms with van der Waals surface area (Å²) in [7, 11) is 1.28. The maximum Gasteiger partial charge on any atom is 0.337 e. The summed E-state index contributed by atoms with van der Waals surface area (Å²) in [4.78, 5) is 55.9. The van der Waals surface area contributed by atoms with Gasteiger partial charge in [0.15, 0.2) is 0 Å². The monoisotopic (exact) mass is 468 g/mol. The molecule has 1 spiro atoms. The highest BCUT2D eigenvalue weighted by atomic mass is 16.5. The Hall–Kier alpha value is -2.94. The largest absolute Gasteiger partial charge is 0.465 e. The van der Waals surface area contributed by atoms with Crippen molar-refractivity contribution in [3.05, 3.63) is 29.3 Å². The molecule has 1 saturated carbocycles. The number of ether oxygens (including phenoxy) is 1. The molecule has 2 N–H and O–H groups in total. The second-order valence-corrected chi connectivity index (χ2v) is 10.2. The predicted octanol–water partition coefficient (Wildman–Crippen LogP) is 1.26. The number of amides is 3. The molecule has 1 atom stereocenters. The minimum atomic E-state index is -1.10. The summed E-state index contributed by atoms with van der Waals surface area (Å²) in [5.74, 6) is -2.51. The molecule has 1 aliphatic carbocycles. The van der Waals surface area contributed by atoms with Gasteiger partial charge in [-0.1, -0.05) is 0 Å². The van der Waals surface area contributed by atoms with Crippen LogP contribution in [0.3, 0.4) is 0 Å². The van der Waals surface area contributed by atoms with E-state index >= 15 is 0 Å². The molecule has 1 unspecified atom stereocenters. The van der Waals surface area contributed by atoms with Crippen LogP contribution in [0.4, 0.5) is 5.69 Å². The van der Waals surface area contributed by atoms with Gasteiger partial charge in [-0.05, 0) is 67.7 Å². The number of nitrogens with zero attached hydrogens (tertiary/aromatic N) is 3. The molecule has 0 aromatic heterocycles. The maximum absolute atomic E-state index is 13.2. The first-order valence-corrected chi connectivity index (χ1v) is 12.2. The zero-order chi connectivity index (χ0) is 24.0. The predicted molar refractivity (Wildman–Crippen MR) is 124 cm³/mol. The number of nitrogens with two attached hydrogens (primary N) is 1. The number of hydrogen-bond acceptors (Lipinski definition) is 6. The SMILES string of the molecule is COC(=O)c1ccc2c(c1)C(C(N)=O)C(=O)N2C1CCN(CC(=O)N2CCC3(CC2)CC3)CC1. The number of rotatable bonds is 5. The molecule has 3 aliphatic heterocycles. The topological polar surface area (TPSA) is 113 Å². The van der Waals surface area contributed by atoms with Crippen molar-refractivity contribution in [2.45, 2.75) is 50.5 Å². The van der Waals surface area contributed by atoms with Crippen LogP contribution in [0.25, 0.3) is 0 Å².